The number of hydrogen-bond donors (Lipinski definition) is 1. The van der Waals surface area contributed by atoms with Gasteiger partial charge in [0.25, 0.3) is 0 Å². The third kappa shape index (κ3) is 4.82. The maximum Gasteiger partial charge on any atom is 0.00421 e. The second-order valence-corrected chi connectivity index (χ2v) is 5.65. The molecule has 2 aromatic carbocycles. The minimum atomic E-state index is 0.557. The van der Waals surface area contributed by atoms with Crippen molar-refractivity contribution in [2.45, 2.75) is 38.6 Å². The summed E-state index contributed by atoms with van der Waals surface area (Å²) < 4.78 is 0. The van der Waals surface area contributed by atoms with Gasteiger partial charge in [0.15, 0.2) is 0 Å². The van der Waals surface area contributed by atoms with Crippen LogP contribution in [0.25, 0.3) is 0 Å². The number of aryl methyl sites for hydroxylation is 1. The van der Waals surface area contributed by atoms with E-state index in [1.807, 2.05) is 0 Å². The van der Waals surface area contributed by atoms with E-state index in [1.54, 1.807) is 0 Å². The molecule has 1 nitrogen and oxygen atoms in total. The molecule has 1 N–H and O–H groups in total. The molecule has 2 rings (SSSR count). The standard InChI is InChI=1S/C19H25N/c1-16(19-11-7-4-8-12-19)15-20-17(2)13-14-18-9-5-3-6-10-18/h3-12,16-17,20H,13-15H2,1-2H3/t16-,17-/m0/s1. The van der Waals surface area contributed by atoms with Crippen molar-refractivity contribution >= 4 is 0 Å². The van der Waals surface area contributed by atoms with Gasteiger partial charge in [-0.3, -0.25) is 0 Å². The zero-order chi connectivity index (χ0) is 14.2. The molecule has 0 aliphatic carbocycles. The summed E-state index contributed by atoms with van der Waals surface area (Å²) in [5, 5.41) is 3.65. The largest absolute Gasteiger partial charge is 0.314 e. The summed E-state index contributed by atoms with van der Waals surface area (Å²) in [6.07, 6.45) is 2.33. The van der Waals surface area contributed by atoms with Crippen LogP contribution in [-0.2, 0) is 6.42 Å². The Morgan fingerprint density at radius 2 is 1.45 bits per heavy atom. The highest BCUT2D eigenvalue weighted by atomic mass is 14.9. The van der Waals surface area contributed by atoms with Crippen LogP contribution >= 0.6 is 0 Å². The molecule has 2 aromatic rings. The predicted molar refractivity (Wildman–Crippen MR) is 87.1 cm³/mol. The third-order valence-corrected chi connectivity index (χ3v) is 3.85. The van der Waals surface area contributed by atoms with Gasteiger partial charge in [-0.05, 0) is 36.8 Å². The van der Waals surface area contributed by atoms with Gasteiger partial charge in [-0.15, -0.1) is 0 Å². The first-order chi connectivity index (χ1) is 9.75. The third-order valence-electron chi connectivity index (χ3n) is 3.85. The molecule has 0 heterocycles. The summed E-state index contributed by atoms with van der Waals surface area (Å²) in [4.78, 5) is 0. The van der Waals surface area contributed by atoms with E-state index in [0.29, 0.717) is 12.0 Å². The molecule has 0 saturated carbocycles. The zero-order valence-electron chi connectivity index (χ0n) is 12.5. The second-order valence-electron chi connectivity index (χ2n) is 5.65. The van der Waals surface area contributed by atoms with Gasteiger partial charge in [0.1, 0.15) is 0 Å². The minimum absolute atomic E-state index is 0.557. The topological polar surface area (TPSA) is 12.0 Å². The first-order valence-corrected chi connectivity index (χ1v) is 7.58. The summed E-state index contributed by atoms with van der Waals surface area (Å²) in [6.45, 7) is 5.60. The van der Waals surface area contributed by atoms with Gasteiger partial charge in [-0.25, -0.2) is 0 Å². The van der Waals surface area contributed by atoms with Crippen LogP contribution in [-0.4, -0.2) is 12.6 Å². The maximum atomic E-state index is 3.65. The van der Waals surface area contributed by atoms with Crippen molar-refractivity contribution < 1.29 is 0 Å². The van der Waals surface area contributed by atoms with E-state index in [2.05, 4.69) is 79.8 Å². The van der Waals surface area contributed by atoms with Crippen molar-refractivity contribution in [1.82, 2.24) is 5.32 Å². The maximum absolute atomic E-state index is 3.65. The molecule has 0 unspecified atom stereocenters. The molecular formula is C19H25N. The van der Waals surface area contributed by atoms with E-state index in [4.69, 9.17) is 0 Å². The van der Waals surface area contributed by atoms with Gasteiger partial charge in [-0.2, -0.15) is 0 Å². The van der Waals surface area contributed by atoms with E-state index in [0.717, 1.165) is 13.0 Å². The van der Waals surface area contributed by atoms with Crippen molar-refractivity contribution in [1.29, 1.82) is 0 Å². The summed E-state index contributed by atoms with van der Waals surface area (Å²) in [5.74, 6) is 0.565. The zero-order valence-corrected chi connectivity index (χ0v) is 12.5. The van der Waals surface area contributed by atoms with Gasteiger partial charge >= 0.3 is 0 Å². The molecular weight excluding hydrogens is 242 g/mol. The SMILES string of the molecule is C[C@@H](CCc1ccccc1)NC[C@H](C)c1ccccc1. The van der Waals surface area contributed by atoms with Crippen LogP contribution in [0.2, 0.25) is 0 Å². The highest BCUT2D eigenvalue weighted by Gasteiger charge is 2.07. The van der Waals surface area contributed by atoms with E-state index < -0.39 is 0 Å². The number of nitrogens with one attached hydrogen (secondary N) is 1. The lowest BCUT2D eigenvalue weighted by Crippen LogP contribution is -2.30. The number of benzene rings is 2. The fourth-order valence-corrected chi connectivity index (χ4v) is 2.41. The van der Waals surface area contributed by atoms with Crippen LogP contribution < -0.4 is 5.32 Å². The highest BCUT2D eigenvalue weighted by molar-refractivity contribution is 5.19. The van der Waals surface area contributed by atoms with Crippen molar-refractivity contribution in [3.8, 4) is 0 Å². The lowest BCUT2D eigenvalue weighted by atomic mass is 10.0. The van der Waals surface area contributed by atoms with Gasteiger partial charge in [0, 0.05) is 12.6 Å². The van der Waals surface area contributed by atoms with Crippen molar-refractivity contribution in [3.05, 3.63) is 71.8 Å². The Balaban J connectivity index is 1.71. The Bertz CT molecular complexity index is 478. The normalized spacial score (nSPS) is 13.9. The molecule has 0 bridgehead atoms. The Hall–Kier alpha value is -1.60. The fourth-order valence-electron chi connectivity index (χ4n) is 2.41. The van der Waals surface area contributed by atoms with E-state index in [9.17, 15) is 0 Å². The van der Waals surface area contributed by atoms with Gasteiger partial charge in [0.05, 0.1) is 0 Å². The van der Waals surface area contributed by atoms with Crippen LogP contribution in [0.15, 0.2) is 60.7 Å². The molecule has 106 valence electrons. The van der Waals surface area contributed by atoms with Crippen molar-refractivity contribution in [3.63, 3.8) is 0 Å². The molecule has 0 saturated heterocycles. The quantitative estimate of drug-likeness (QED) is 0.784. The summed E-state index contributed by atoms with van der Waals surface area (Å²) in [5.41, 5.74) is 2.84. The Morgan fingerprint density at radius 1 is 0.850 bits per heavy atom. The Morgan fingerprint density at radius 3 is 2.10 bits per heavy atom. The summed E-state index contributed by atoms with van der Waals surface area (Å²) >= 11 is 0. The molecule has 0 aromatic heterocycles. The lowest BCUT2D eigenvalue weighted by molar-refractivity contribution is 0.492. The molecule has 0 aliphatic rings. The van der Waals surface area contributed by atoms with Crippen LogP contribution in [0.5, 0.6) is 0 Å². The minimum Gasteiger partial charge on any atom is -0.314 e. The highest BCUT2D eigenvalue weighted by Crippen LogP contribution is 2.13. The van der Waals surface area contributed by atoms with E-state index >= 15 is 0 Å². The fraction of sp³-hybridized carbons (Fsp3) is 0.368. The average molecular weight is 267 g/mol. The molecule has 1 heteroatoms. The molecule has 0 fully saturated rings. The van der Waals surface area contributed by atoms with Crippen LogP contribution in [0.1, 0.15) is 37.3 Å². The molecule has 0 aliphatic heterocycles. The number of rotatable bonds is 7. The predicted octanol–water partition coefficient (Wildman–Crippen LogP) is 4.40. The van der Waals surface area contributed by atoms with Gasteiger partial charge in [-0.1, -0.05) is 67.6 Å². The van der Waals surface area contributed by atoms with Crippen molar-refractivity contribution in [2.75, 3.05) is 6.54 Å². The second kappa shape index (κ2) is 7.86. The van der Waals surface area contributed by atoms with Gasteiger partial charge in [0.2, 0.25) is 0 Å². The van der Waals surface area contributed by atoms with Crippen LogP contribution in [0, 0.1) is 0 Å². The van der Waals surface area contributed by atoms with E-state index in [-0.39, 0.29) is 0 Å². The molecule has 0 spiro atoms. The van der Waals surface area contributed by atoms with Gasteiger partial charge < -0.3 is 5.32 Å². The lowest BCUT2D eigenvalue weighted by Gasteiger charge is -2.18. The van der Waals surface area contributed by atoms with E-state index in [1.165, 1.54) is 17.5 Å². The molecule has 0 amide bonds. The summed E-state index contributed by atoms with van der Waals surface area (Å²) in [6, 6.07) is 22.0. The number of hydrogen-bond acceptors (Lipinski definition) is 1. The average Bonchev–Trinajstić information content (AvgIpc) is 2.52. The van der Waals surface area contributed by atoms with Crippen LogP contribution in [0.3, 0.4) is 0 Å². The molecule has 2 atom stereocenters. The van der Waals surface area contributed by atoms with Crippen LogP contribution in [0.4, 0.5) is 0 Å². The smallest absolute Gasteiger partial charge is 0.00421 e. The van der Waals surface area contributed by atoms with Crippen molar-refractivity contribution in [2.24, 2.45) is 0 Å². The Kier molecular flexibility index (Phi) is 5.82. The monoisotopic (exact) mass is 267 g/mol. The summed E-state index contributed by atoms with van der Waals surface area (Å²) in [7, 11) is 0. The first kappa shape index (κ1) is 14.8. The molecule has 20 heavy (non-hydrogen) atoms. The molecule has 0 radical (unpaired) electrons. The first-order valence-electron chi connectivity index (χ1n) is 7.58. The Labute approximate surface area is 123 Å².